The number of rotatable bonds is 10. The van der Waals surface area contributed by atoms with Crippen molar-refractivity contribution < 1.29 is 23.0 Å². The number of allylic oxidation sites excluding steroid dienone is 1. The number of β-amino-alcohol motifs (C(OH)–C–C–N with tert-alkyl or cyclic N) is 1. The molecule has 2 aromatic heterocycles. The number of aromatic nitrogens is 5. The Kier molecular flexibility index (Phi) is 9.05. The van der Waals surface area contributed by atoms with E-state index in [4.69, 9.17) is 4.74 Å². The number of benzene rings is 1. The molecular weight excluding hydrogens is 501 g/mol. The minimum atomic E-state index is -4.44. The molecule has 0 aliphatic carbocycles. The van der Waals surface area contributed by atoms with Crippen molar-refractivity contribution in [2.75, 3.05) is 50.0 Å². The van der Waals surface area contributed by atoms with E-state index in [1.807, 2.05) is 19.1 Å². The SMILES string of the molecule is C/C=C/c1cc(Nc2nc(/C=C/c3cccc(C(F)(F)F)c3)nc(NCC(O)CN3CCOCC3)n2)n[nH]1. The average molecular weight is 531 g/mol. The van der Waals surface area contributed by atoms with Crippen molar-refractivity contribution in [3.63, 3.8) is 0 Å². The van der Waals surface area contributed by atoms with E-state index in [1.54, 1.807) is 12.1 Å². The molecule has 0 spiro atoms. The van der Waals surface area contributed by atoms with Gasteiger partial charge in [-0.25, -0.2) is 0 Å². The molecule has 0 amide bonds. The lowest BCUT2D eigenvalue weighted by Crippen LogP contribution is -2.42. The topological polar surface area (TPSA) is 124 Å². The third-order valence-corrected chi connectivity index (χ3v) is 5.54. The van der Waals surface area contributed by atoms with Gasteiger partial charge in [-0.2, -0.15) is 33.2 Å². The Balaban J connectivity index is 1.52. The second-order valence-electron chi connectivity index (χ2n) is 8.58. The molecule has 38 heavy (non-hydrogen) atoms. The zero-order valence-electron chi connectivity index (χ0n) is 20.7. The monoisotopic (exact) mass is 530 g/mol. The summed E-state index contributed by atoms with van der Waals surface area (Å²) in [5.41, 5.74) is 0.372. The first-order chi connectivity index (χ1) is 18.3. The van der Waals surface area contributed by atoms with Crippen LogP contribution in [-0.2, 0) is 10.9 Å². The van der Waals surface area contributed by atoms with Crippen molar-refractivity contribution in [2.45, 2.75) is 19.2 Å². The third kappa shape index (κ3) is 8.10. The number of anilines is 3. The molecule has 4 rings (SSSR count). The molecule has 4 N–H and O–H groups in total. The number of alkyl halides is 3. The molecule has 1 atom stereocenters. The second kappa shape index (κ2) is 12.6. The van der Waals surface area contributed by atoms with Gasteiger partial charge in [0.05, 0.1) is 30.6 Å². The van der Waals surface area contributed by atoms with Gasteiger partial charge in [0.1, 0.15) is 0 Å². The van der Waals surface area contributed by atoms with E-state index in [9.17, 15) is 18.3 Å². The molecule has 0 saturated carbocycles. The van der Waals surface area contributed by atoms with E-state index in [1.165, 1.54) is 18.2 Å². The summed E-state index contributed by atoms with van der Waals surface area (Å²) in [7, 11) is 0. The predicted molar refractivity (Wildman–Crippen MR) is 139 cm³/mol. The standard InChI is InChI=1S/C25H29F3N8O2/c1-2-4-19-14-22(35-34-19)32-24-31-21(8-7-17-5-3-6-18(13-17)25(26,27)28)30-23(33-24)29-15-20(37)16-36-9-11-38-12-10-36/h2-8,13-14,20,37H,9-12,15-16H2,1H3,(H3,29,30,31,32,33,34,35)/b4-2+,8-7+. The van der Waals surface area contributed by atoms with Crippen molar-refractivity contribution in [1.82, 2.24) is 30.0 Å². The lowest BCUT2D eigenvalue weighted by atomic mass is 10.1. The Bertz CT molecular complexity index is 1260. The molecule has 202 valence electrons. The molecule has 0 bridgehead atoms. The van der Waals surface area contributed by atoms with E-state index in [-0.39, 0.29) is 24.3 Å². The fourth-order valence-corrected chi connectivity index (χ4v) is 3.73. The summed E-state index contributed by atoms with van der Waals surface area (Å²) in [4.78, 5) is 15.2. The van der Waals surface area contributed by atoms with Crippen LogP contribution in [0, 0.1) is 0 Å². The van der Waals surface area contributed by atoms with E-state index in [0.717, 1.165) is 30.9 Å². The molecule has 1 aromatic carbocycles. The zero-order chi connectivity index (χ0) is 27.0. The van der Waals surface area contributed by atoms with Gasteiger partial charge in [0, 0.05) is 32.2 Å². The van der Waals surface area contributed by atoms with Gasteiger partial charge in [-0.3, -0.25) is 10.00 Å². The van der Waals surface area contributed by atoms with E-state index >= 15 is 0 Å². The van der Waals surface area contributed by atoms with Gasteiger partial charge in [-0.05, 0) is 36.8 Å². The van der Waals surface area contributed by atoms with Crippen molar-refractivity contribution in [2.24, 2.45) is 0 Å². The van der Waals surface area contributed by atoms with Crippen molar-refractivity contribution >= 4 is 35.9 Å². The second-order valence-corrected chi connectivity index (χ2v) is 8.58. The Morgan fingerprint density at radius 1 is 1.11 bits per heavy atom. The van der Waals surface area contributed by atoms with Crippen molar-refractivity contribution in [3.05, 3.63) is 59.1 Å². The third-order valence-electron chi connectivity index (χ3n) is 5.54. The minimum Gasteiger partial charge on any atom is -0.390 e. The quantitative estimate of drug-likeness (QED) is 0.311. The van der Waals surface area contributed by atoms with Crippen LogP contribution in [-0.4, -0.2) is 80.7 Å². The Morgan fingerprint density at radius 2 is 1.89 bits per heavy atom. The zero-order valence-corrected chi connectivity index (χ0v) is 20.7. The van der Waals surface area contributed by atoms with Gasteiger partial charge in [0.25, 0.3) is 0 Å². The highest BCUT2D eigenvalue weighted by Gasteiger charge is 2.30. The predicted octanol–water partition coefficient (Wildman–Crippen LogP) is 3.67. The van der Waals surface area contributed by atoms with Gasteiger partial charge < -0.3 is 20.5 Å². The molecule has 0 radical (unpaired) electrons. The van der Waals surface area contributed by atoms with Crippen LogP contribution in [0.2, 0.25) is 0 Å². The molecule has 1 aliphatic rings. The number of hydrogen-bond acceptors (Lipinski definition) is 9. The van der Waals surface area contributed by atoms with Crippen LogP contribution >= 0.6 is 0 Å². The summed E-state index contributed by atoms with van der Waals surface area (Å²) >= 11 is 0. The normalized spacial score (nSPS) is 15.8. The number of nitrogens with one attached hydrogen (secondary N) is 3. The number of hydrogen-bond donors (Lipinski definition) is 4. The molecule has 1 saturated heterocycles. The number of aliphatic hydroxyl groups excluding tert-OH is 1. The Labute approximate surface area is 217 Å². The van der Waals surface area contributed by atoms with E-state index < -0.39 is 17.8 Å². The van der Waals surface area contributed by atoms with Crippen LogP contribution in [0.5, 0.6) is 0 Å². The average Bonchev–Trinajstić information content (AvgIpc) is 3.33. The van der Waals surface area contributed by atoms with Gasteiger partial charge in [0.2, 0.25) is 11.9 Å². The number of ether oxygens (including phenoxy) is 1. The van der Waals surface area contributed by atoms with E-state index in [2.05, 4.69) is 40.7 Å². The molecule has 1 aliphatic heterocycles. The molecule has 3 heterocycles. The molecule has 3 aromatic rings. The van der Waals surface area contributed by atoms with Crippen molar-refractivity contribution in [1.29, 1.82) is 0 Å². The van der Waals surface area contributed by atoms with Crippen LogP contribution in [0.3, 0.4) is 0 Å². The number of nitrogens with zero attached hydrogens (tertiary/aromatic N) is 5. The first kappa shape index (κ1) is 27.2. The molecule has 13 heteroatoms. The summed E-state index contributed by atoms with van der Waals surface area (Å²) in [6, 6.07) is 6.72. The van der Waals surface area contributed by atoms with Gasteiger partial charge in [0.15, 0.2) is 11.6 Å². The maximum absolute atomic E-state index is 13.1. The van der Waals surface area contributed by atoms with Crippen LogP contribution in [0.25, 0.3) is 18.2 Å². The van der Waals surface area contributed by atoms with Gasteiger partial charge >= 0.3 is 6.18 Å². The summed E-state index contributed by atoms with van der Waals surface area (Å²) in [5, 5.41) is 23.5. The highest BCUT2D eigenvalue weighted by atomic mass is 19.4. The number of morpholine rings is 1. The lowest BCUT2D eigenvalue weighted by Gasteiger charge is -2.28. The smallest absolute Gasteiger partial charge is 0.390 e. The van der Waals surface area contributed by atoms with Crippen LogP contribution in [0.15, 0.2) is 36.4 Å². The highest BCUT2D eigenvalue weighted by molar-refractivity contribution is 5.68. The number of H-pyrrole nitrogens is 1. The van der Waals surface area contributed by atoms with Gasteiger partial charge in [-0.1, -0.05) is 24.3 Å². The summed E-state index contributed by atoms with van der Waals surface area (Å²) in [6.07, 6.45) is 1.57. The number of halogens is 3. The van der Waals surface area contributed by atoms with Gasteiger partial charge in [-0.15, -0.1) is 0 Å². The van der Waals surface area contributed by atoms with Crippen molar-refractivity contribution in [3.8, 4) is 0 Å². The highest BCUT2D eigenvalue weighted by Crippen LogP contribution is 2.29. The Morgan fingerprint density at radius 3 is 2.66 bits per heavy atom. The fraction of sp³-hybridized carbons (Fsp3) is 0.360. The number of aliphatic hydroxyl groups is 1. The lowest BCUT2D eigenvalue weighted by molar-refractivity contribution is -0.137. The first-order valence-electron chi connectivity index (χ1n) is 12.1. The first-order valence-corrected chi connectivity index (χ1v) is 12.1. The number of aromatic amines is 1. The fourth-order valence-electron chi connectivity index (χ4n) is 3.73. The van der Waals surface area contributed by atoms with E-state index in [0.29, 0.717) is 31.1 Å². The largest absolute Gasteiger partial charge is 0.416 e. The van der Waals surface area contributed by atoms with Crippen LogP contribution in [0.1, 0.15) is 29.6 Å². The molecule has 1 unspecified atom stereocenters. The Hall–Kier alpha value is -3.81. The van der Waals surface area contributed by atoms with Crippen LogP contribution < -0.4 is 10.6 Å². The summed E-state index contributed by atoms with van der Waals surface area (Å²) in [6.45, 7) is 5.30. The minimum absolute atomic E-state index is 0.174. The molecule has 1 fully saturated rings. The maximum atomic E-state index is 13.1. The van der Waals surface area contributed by atoms with Crippen LogP contribution in [0.4, 0.5) is 30.9 Å². The summed E-state index contributed by atoms with van der Waals surface area (Å²) < 4.78 is 44.6. The molecular formula is C25H29F3N8O2. The maximum Gasteiger partial charge on any atom is 0.416 e. The molecule has 10 nitrogen and oxygen atoms in total. The summed E-state index contributed by atoms with van der Waals surface area (Å²) in [5.74, 6) is 1.04.